The van der Waals surface area contributed by atoms with E-state index >= 15 is 0 Å². The van der Waals surface area contributed by atoms with Crippen molar-refractivity contribution in [3.05, 3.63) is 5.82 Å². The first kappa shape index (κ1) is 15.4. The van der Waals surface area contributed by atoms with E-state index in [2.05, 4.69) is 31.0 Å². The average molecular weight is 296 g/mol. The summed E-state index contributed by atoms with van der Waals surface area (Å²) >= 11 is 1.49. The lowest BCUT2D eigenvalue weighted by Crippen LogP contribution is -2.38. The van der Waals surface area contributed by atoms with Crippen LogP contribution in [0.25, 0.3) is 0 Å². The van der Waals surface area contributed by atoms with Crippen molar-refractivity contribution < 1.29 is 4.79 Å². The number of carbonyl (C=O) groups is 1. The van der Waals surface area contributed by atoms with E-state index in [1.54, 1.807) is 0 Å². The van der Waals surface area contributed by atoms with Gasteiger partial charge in [-0.2, -0.15) is 0 Å². The van der Waals surface area contributed by atoms with Crippen LogP contribution in [-0.2, 0) is 11.8 Å². The van der Waals surface area contributed by atoms with Crippen LogP contribution in [0, 0.1) is 5.92 Å². The Bertz CT molecular complexity index is 464. The van der Waals surface area contributed by atoms with E-state index in [0.717, 1.165) is 42.8 Å². The lowest BCUT2D eigenvalue weighted by molar-refractivity contribution is -0.129. The molecule has 0 aliphatic carbocycles. The van der Waals surface area contributed by atoms with Gasteiger partial charge in [0.25, 0.3) is 0 Å². The zero-order valence-electron chi connectivity index (χ0n) is 12.8. The van der Waals surface area contributed by atoms with Crippen molar-refractivity contribution >= 4 is 17.7 Å². The van der Waals surface area contributed by atoms with Crippen LogP contribution in [0.5, 0.6) is 0 Å². The maximum absolute atomic E-state index is 12.2. The number of likely N-dealkylation sites (tertiary alicyclic amines) is 1. The normalized spacial score (nSPS) is 16.9. The van der Waals surface area contributed by atoms with Gasteiger partial charge < -0.3 is 9.47 Å². The first-order valence-corrected chi connectivity index (χ1v) is 8.27. The van der Waals surface area contributed by atoms with Crippen molar-refractivity contribution in [2.75, 3.05) is 18.8 Å². The molecule has 0 bridgehead atoms. The second-order valence-electron chi connectivity index (χ2n) is 5.91. The van der Waals surface area contributed by atoms with Crippen molar-refractivity contribution in [2.45, 2.75) is 44.7 Å². The van der Waals surface area contributed by atoms with Crippen molar-refractivity contribution in [2.24, 2.45) is 13.0 Å². The Hall–Kier alpha value is -1.04. The Morgan fingerprint density at radius 3 is 2.55 bits per heavy atom. The summed E-state index contributed by atoms with van der Waals surface area (Å²) in [6, 6.07) is 0. The number of nitrogens with zero attached hydrogens (tertiary/aromatic N) is 4. The molecule has 1 amide bonds. The summed E-state index contributed by atoms with van der Waals surface area (Å²) in [5.74, 6) is 2.74. The smallest absolute Gasteiger partial charge is 0.233 e. The van der Waals surface area contributed by atoms with Gasteiger partial charge in [-0.25, -0.2) is 0 Å². The van der Waals surface area contributed by atoms with E-state index in [-0.39, 0.29) is 5.91 Å². The van der Waals surface area contributed by atoms with Crippen LogP contribution in [0.3, 0.4) is 0 Å². The first-order valence-electron chi connectivity index (χ1n) is 7.29. The number of piperidine rings is 1. The van der Waals surface area contributed by atoms with Crippen molar-refractivity contribution in [3.63, 3.8) is 0 Å². The van der Waals surface area contributed by atoms with Gasteiger partial charge in [0.2, 0.25) is 5.91 Å². The third-order valence-electron chi connectivity index (χ3n) is 3.85. The van der Waals surface area contributed by atoms with Crippen LogP contribution < -0.4 is 0 Å². The third kappa shape index (κ3) is 3.53. The van der Waals surface area contributed by atoms with Gasteiger partial charge in [0, 0.05) is 26.1 Å². The van der Waals surface area contributed by atoms with E-state index in [9.17, 15) is 4.79 Å². The minimum absolute atomic E-state index is 0.219. The number of amides is 1. The highest BCUT2D eigenvalue weighted by Crippen LogP contribution is 2.21. The van der Waals surface area contributed by atoms with Gasteiger partial charge in [-0.15, -0.1) is 10.2 Å². The number of rotatable bonds is 4. The SMILES string of the molecule is CC1CCN(C(=O)CSc2nnc(C(C)C)n2C)CC1. The minimum atomic E-state index is 0.219. The molecule has 20 heavy (non-hydrogen) atoms. The molecule has 1 aliphatic heterocycles. The monoisotopic (exact) mass is 296 g/mol. The quantitative estimate of drug-likeness (QED) is 0.800. The summed E-state index contributed by atoms with van der Waals surface area (Å²) in [4.78, 5) is 14.2. The minimum Gasteiger partial charge on any atom is -0.342 e. The molecular weight excluding hydrogens is 272 g/mol. The summed E-state index contributed by atoms with van der Waals surface area (Å²) in [7, 11) is 1.96. The van der Waals surface area contributed by atoms with Gasteiger partial charge in [0.05, 0.1) is 5.75 Å². The van der Waals surface area contributed by atoms with E-state index in [1.165, 1.54) is 11.8 Å². The molecule has 0 atom stereocenters. The summed E-state index contributed by atoms with van der Waals surface area (Å²) in [6.45, 7) is 8.24. The molecule has 1 aromatic rings. The van der Waals surface area contributed by atoms with Crippen LogP contribution in [0.1, 0.15) is 45.4 Å². The first-order chi connectivity index (χ1) is 9.49. The second kappa shape index (κ2) is 6.61. The van der Waals surface area contributed by atoms with Gasteiger partial charge in [-0.1, -0.05) is 32.5 Å². The highest BCUT2D eigenvalue weighted by Gasteiger charge is 2.21. The number of thioether (sulfide) groups is 1. The van der Waals surface area contributed by atoms with Crippen LogP contribution in [-0.4, -0.2) is 44.4 Å². The molecule has 112 valence electrons. The predicted octanol–water partition coefficient (Wildman–Crippen LogP) is 2.29. The van der Waals surface area contributed by atoms with Gasteiger partial charge >= 0.3 is 0 Å². The molecule has 0 saturated carbocycles. The van der Waals surface area contributed by atoms with Crippen LogP contribution in [0.4, 0.5) is 0 Å². The largest absolute Gasteiger partial charge is 0.342 e. The van der Waals surface area contributed by atoms with Crippen molar-refractivity contribution in [3.8, 4) is 0 Å². The fraction of sp³-hybridized carbons (Fsp3) is 0.786. The molecule has 0 spiro atoms. The molecule has 1 saturated heterocycles. The molecule has 2 heterocycles. The van der Waals surface area contributed by atoms with E-state index < -0.39 is 0 Å². The molecule has 5 nitrogen and oxygen atoms in total. The van der Waals surface area contributed by atoms with Crippen molar-refractivity contribution in [1.82, 2.24) is 19.7 Å². The highest BCUT2D eigenvalue weighted by atomic mass is 32.2. The van der Waals surface area contributed by atoms with E-state index in [1.807, 2.05) is 16.5 Å². The molecule has 0 unspecified atom stereocenters. The maximum Gasteiger partial charge on any atom is 0.233 e. The summed E-state index contributed by atoms with van der Waals surface area (Å²) in [6.07, 6.45) is 2.25. The Morgan fingerprint density at radius 2 is 2.00 bits per heavy atom. The fourth-order valence-electron chi connectivity index (χ4n) is 2.43. The topological polar surface area (TPSA) is 51.0 Å². The van der Waals surface area contributed by atoms with E-state index in [4.69, 9.17) is 0 Å². The maximum atomic E-state index is 12.2. The molecule has 0 N–H and O–H groups in total. The Labute approximate surface area is 125 Å². The third-order valence-corrected chi connectivity index (χ3v) is 4.85. The van der Waals surface area contributed by atoms with Gasteiger partial charge in [0.1, 0.15) is 5.82 Å². The van der Waals surface area contributed by atoms with Crippen LogP contribution >= 0.6 is 11.8 Å². The number of hydrogen-bond acceptors (Lipinski definition) is 4. The van der Waals surface area contributed by atoms with Crippen molar-refractivity contribution in [1.29, 1.82) is 0 Å². The fourth-order valence-corrected chi connectivity index (χ4v) is 3.25. The summed E-state index contributed by atoms with van der Waals surface area (Å²) in [5, 5.41) is 9.18. The Kier molecular flexibility index (Phi) is 5.07. The highest BCUT2D eigenvalue weighted by molar-refractivity contribution is 7.99. The molecule has 0 radical (unpaired) electrons. The molecule has 0 aromatic carbocycles. The van der Waals surface area contributed by atoms with Crippen LogP contribution in [0.2, 0.25) is 0 Å². The lowest BCUT2D eigenvalue weighted by Gasteiger charge is -2.30. The lowest BCUT2D eigenvalue weighted by atomic mass is 9.99. The zero-order valence-corrected chi connectivity index (χ0v) is 13.6. The standard InChI is InChI=1S/C14H24N4OS/c1-10(2)13-15-16-14(17(13)4)20-9-12(19)18-7-5-11(3)6-8-18/h10-11H,5-9H2,1-4H3. The molecule has 6 heteroatoms. The average Bonchev–Trinajstić information content (AvgIpc) is 2.78. The van der Waals surface area contributed by atoms with Gasteiger partial charge in [-0.05, 0) is 18.8 Å². The van der Waals surface area contributed by atoms with Crippen LogP contribution in [0.15, 0.2) is 5.16 Å². The number of aromatic nitrogens is 3. The molecule has 2 rings (SSSR count). The predicted molar refractivity (Wildman–Crippen MR) is 80.8 cm³/mol. The molecule has 1 aliphatic rings. The zero-order chi connectivity index (χ0) is 14.7. The molecule has 1 aromatic heterocycles. The summed E-state index contributed by atoms with van der Waals surface area (Å²) < 4.78 is 1.99. The van der Waals surface area contributed by atoms with Gasteiger partial charge in [-0.3, -0.25) is 4.79 Å². The number of carbonyl (C=O) groups excluding carboxylic acids is 1. The Balaban J connectivity index is 1.87. The van der Waals surface area contributed by atoms with E-state index in [0.29, 0.717) is 11.7 Å². The van der Waals surface area contributed by atoms with Gasteiger partial charge in [0.15, 0.2) is 5.16 Å². The molecule has 1 fully saturated rings. The molecular formula is C14H24N4OS. The Morgan fingerprint density at radius 1 is 1.35 bits per heavy atom. The number of hydrogen-bond donors (Lipinski definition) is 0. The summed E-state index contributed by atoms with van der Waals surface area (Å²) in [5.41, 5.74) is 0. The second-order valence-corrected chi connectivity index (χ2v) is 6.85.